The van der Waals surface area contributed by atoms with E-state index >= 15 is 0 Å². The molecule has 0 aromatic carbocycles. The number of carboxylic acids is 2. The van der Waals surface area contributed by atoms with Crippen molar-refractivity contribution in [3.05, 3.63) is 17.2 Å². The number of hydrogen-bond acceptors (Lipinski definition) is 3. The van der Waals surface area contributed by atoms with E-state index in [1.807, 2.05) is 0 Å². The van der Waals surface area contributed by atoms with Crippen LogP contribution in [0.4, 0.5) is 0 Å². The maximum atomic E-state index is 10.6. The van der Waals surface area contributed by atoms with E-state index in [4.69, 9.17) is 21.8 Å². The Balaban J connectivity index is 3.00. The van der Waals surface area contributed by atoms with Crippen molar-refractivity contribution in [1.29, 1.82) is 0 Å². The van der Waals surface area contributed by atoms with Gasteiger partial charge in [-0.25, -0.2) is 4.98 Å². The minimum Gasteiger partial charge on any atom is -0.481 e. The van der Waals surface area contributed by atoms with Crippen LogP contribution in [-0.4, -0.2) is 31.7 Å². The van der Waals surface area contributed by atoms with Gasteiger partial charge in [0.2, 0.25) is 0 Å². The number of halogens is 1. The van der Waals surface area contributed by atoms with Crippen LogP contribution in [0.5, 0.6) is 0 Å². The Morgan fingerprint density at radius 3 is 2.25 bits per heavy atom. The van der Waals surface area contributed by atoms with Gasteiger partial charge in [0.1, 0.15) is 0 Å². The summed E-state index contributed by atoms with van der Waals surface area (Å²) in [5, 5.41) is 17.6. The number of nitrogens with zero attached hydrogens (tertiary/aromatic N) is 2. The number of aryl methyl sites for hydroxylation is 1. The van der Waals surface area contributed by atoms with Gasteiger partial charge in [0.15, 0.2) is 5.15 Å². The van der Waals surface area contributed by atoms with E-state index in [2.05, 4.69) is 4.98 Å². The summed E-state index contributed by atoms with van der Waals surface area (Å²) in [6, 6.07) is 0. The molecule has 1 heterocycles. The smallest absolute Gasteiger partial charge is 0.304 e. The number of carbonyl (C=O) groups is 2. The molecule has 1 aromatic rings. The summed E-state index contributed by atoms with van der Waals surface area (Å²) in [6.07, 6.45) is 0.853. The monoisotopic (exact) mass is 246 g/mol. The third-order valence-corrected chi connectivity index (χ3v) is 2.46. The fraction of sp³-hybridized carbons (Fsp3) is 0.444. The van der Waals surface area contributed by atoms with Gasteiger partial charge in [-0.2, -0.15) is 0 Å². The Labute approximate surface area is 96.5 Å². The second-order valence-electron chi connectivity index (χ2n) is 3.42. The zero-order valence-corrected chi connectivity index (χ0v) is 9.31. The molecule has 1 rings (SSSR count). The second-order valence-corrected chi connectivity index (χ2v) is 3.78. The first kappa shape index (κ1) is 12.5. The number of imidazole rings is 1. The minimum absolute atomic E-state index is 0.148. The van der Waals surface area contributed by atoms with Crippen molar-refractivity contribution < 1.29 is 19.8 Å². The first-order chi connectivity index (χ1) is 7.41. The molecule has 0 fully saturated rings. The summed E-state index contributed by atoms with van der Waals surface area (Å²) in [6.45, 7) is 0. The highest BCUT2D eigenvalue weighted by Crippen LogP contribution is 2.28. The van der Waals surface area contributed by atoms with Crippen molar-refractivity contribution >= 4 is 23.5 Å². The molecule has 0 amide bonds. The molecular formula is C9H11ClN2O4. The van der Waals surface area contributed by atoms with Crippen LogP contribution in [0.3, 0.4) is 0 Å². The molecule has 0 bridgehead atoms. The van der Waals surface area contributed by atoms with Crippen LogP contribution < -0.4 is 0 Å². The summed E-state index contributed by atoms with van der Waals surface area (Å²) in [7, 11) is 1.64. The maximum Gasteiger partial charge on any atom is 0.304 e. The van der Waals surface area contributed by atoms with Crippen molar-refractivity contribution in [1.82, 2.24) is 9.55 Å². The molecule has 0 unspecified atom stereocenters. The van der Waals surface area contributed by atoms with Gasteiger partial charge in [0.25, 0.3) is 0 Å². The first-order valence-electron chi connectivity index (χ1n) is 4.52. The highest BCUT2D eigenvalue weighted by Gasteiger charge is 2.24. The molecule has 16 heavy (non-hydrogen) atoms. The van der Waals surface area contributed by atoms with Crippen molar-refractivity contribution in [2.24, 2.45) is 7.05 Å². The molecular weight excluding hydrogens is 236 g/mol. The van der Waals surface area contributed by atoms with Gasteiger partial charge in [-0.15, -0.1) is 0 Å². The standard InChI is InChI=1S/C9H11ClN2O4/c1-12-4-11-9(10)8(12)5(2-6(13)14)3-7(15)16/h4-5H,2-3H2,1H3,(H,13,14)(H,15,16). The zero-order valence-electron chi connectivity index (χ0n) is 8.55. The zero-order chi connectivity index (χ0) is 12.3. The lowest BCUT2D eigenvalue weighted by Gasteiger charge is -2.13. The van der Waals surface area contributed by atoms with E-state index in [0.29, 0.717) is 5.69 Å². The van der Waals surface area contributed by atoms with E-state index in [0.717, 1.165) is 0 Å². The van der Waals surface area contributed by atoms with Gasteiger partial charge in [-0.3, -0.25) is 9.59 Å². The number of carboxylic acid groups (broad SMARTS) is 2. The summed E-state index contributed by atoms with van der Waals surface area (Å²) in [5.74, 6) is -2.80. The SMILES string of the molecule is Cn1cnc(Cl)c1C(CC(=O)O)CC(=O)O. The Morgan fingerprint density at radius 2 is 1.94 bits per heavy atom. The molecule has 2 N–H and O–H groups in total. The molecule has 0 aliphatic carbocycles. The van der Waals surface area contributed by atoms with Crippen LogP contribution >= 0.6 is 11.6 Å². The van der Waals surface area contributed by atoms with E-state index in [1.54, 1.807) is 11.6 Å². The Morgan fingerprint density at radius 1 is 1.44 bits per heavy atom. The second kappa shape index (κ2) is 4.98. The Hall–Kier alpha value is -1.56. The van der Waals surface area contributed by atoms with Crippen molar-refractivity contribution in [2.45, 2.75) is 18.8 Å². The predicted octanol–water partition coefficient (Wildman–Crippen LogP) is 1.11. The lowest BCUT2D eigenvalue weighted by molar-refractivity contribution is -0.139. The number of hydrogen-bond donors (Lipinski definition) is 2. The molecule has 88 valence electrons. The molecule has 1 aromatic heterocycles. The lowest BCUT2D eigenvalue weighted by atomic mass is 9.98. The lowest BCUT2D eigenvalue weighted by Crippen LogP contribution is -2.14. The normalized spacial score (nSPS) is 10.7. The summed E-state index contributed by atoms with van der Waals surface area (Å²) in [5.41, 5.74) is 0.437. The average Bonchev–Trinajstić information content (AvgIpc) is 2.43. The fourth-order valence-corrected chi connectivity index (χ4v) is 1.89. The highest BCUT2D eigenvalue weighted by atomic mass is 35.5. The molecule has 0 saturated carbocycles. The molecule has 0 aliphatic heterocycles. The van der Waals surface area contributed by atoms with Crippen molar-refractivity contribution in [2.75, 3.05) is 0 Å². The van der Waals surface area contributed by atoms with Gasteiger partial charge in [0.05, 0.1) is 24.9 Å². The van der Waals surface area contributed by atoms with Gasteiger partial charge < -0.3 is 14.8 Å². The van der Waals surface area contributed by atoms with Gasteiger partial charge in [0, 0.05) is 13.0 Å². The molecule has 0 spiro atoms. The summed E-state index contributed by atoms with van der Waals surface area (Å²) in [4.78, 5) is 25.1. The first-order valence-corrected chi connectivity index (χ1v) is 4.90. The predicted molar refractivity (Wildman–Crippen MR) is 55.5 cm³/mol. The third-order valence-electron chi connectivity index (χ3n) is 2.16. The molecule has 6 nitrogen and oxygen atoms in total. The van der Waals surface area contributed by atoms with Crippen LogP contribution in [0.1, 0.15) is 24.5 Å². The van der Waals surface area contributed by atoms with Crippen molar-refractivity contribution in [3.8, 4) is 0 Å². The molecule has 0 saturated heterocycles. The summed E-state index contributed by atoms with van der Waals surface area (Å²) >= 11 is 5.79. The van der Waals surface area contributed by atoms with Gasteiger partial charge in [-0.05, 0) is 0 Å². The van der Waals surface area contributed by atoms with Crippen LogP contribution in [0.25, 0.3) is 0 Å². The van der Waals surface area contributed by atoms with Crippen LogP contribution in [0.2, 0.25) is 5.15 Å². The minimum atomic E-state index is -1.07. The molecule has 0 aliphatic rings. The molecule has 0 atom stereocenters. The van der Waals surface area contributed by atoms with Gasteiger partial charge >= 0.3 is 11.9 Å². The molecule has 7 heteroatoms. The summed E-state index contributed by atoms with van der Waals surface area (Å²) < 4.78 is 1.54. The van der Waals surface area contributed by atoms with Gasteiger partial charge in [-0.1, -0.05) is 11.6 Å². The maximum absolute atomic E-state index is 10.6. The largest absolute Gasteiger partial charge is 0.481 e. The number of aromatic nitrogens is 2. The van der Waals surface area contributed by atoms with E-state index in [-0.39, 0.29) is 18.0 Å². The van der Waals surface area contributed by atoms with Crippen molar-refractivity contribution in [3.63, 3.8) is 0 Å². The van der Waals surface area contributed by atoms with E-state index < -0.39 is 17.9 Å². The van der Waals surface area contributed by atoms with E-state index in [1.165, 1.54) is 6.33 Å². The highest BCUT2D eigenvalue weighted by molar-refractivity contribution is 6.30. The number of aliphatic carboxylic acids is 2. The van der Waals surface area contributed by atoms with Crippen LogP contribution in [0, 0.1) is 0 Å². The topological polar surface area (TPSA) is 92.4 Å². The molecule has 0 radical (unpaired) electrons. The Bertz CT molecular complexity index is 380. The number of rotatable bonds is 5. The third kappa shape index (κ3) is 2.96. The average molecular weight is 247 g/mol. The van der Waals surface area contributed by atoms with E-state index in [9.17, 15) is 9.59 Å². The fourth-order valence-electron chi connectivity index (χ4n) is 1.55. The van der Waals surface area contributed by atoms with Crippen LogP contribution in [-0.2, 0) is 16.6 Å². The Kier molecular flexibility index (Phi) is 3.89. The van der Waals surface area contributed by atoms with Crippen LogP contribution in [0.15, 0.2) is 6.33 Å². The quantitative estimate of drug-likeness (QED) is 0.812.